The number of rotatable bonds is 4. The Kier molecular flexibility index (Phi) is 4.93. The molecule has 4 nitrogen and oxygen atoms in total. The van der Waals surface area contributed by atoms with Gasteiger partial charge in [-0.15, -0.1) is 17.7 Å². The largest absolute Gasteiger partial charge is 0.453 e. The van der Waals surface area contributed by atoms with Gasteiger partial charge in [0.05, 0.1) is 5.69 Å². The summed E-state index contributed by atoms with van der Waals surface area (Å²) in [5.74, 6) is -0.860. The second kappa shape index (κ2) is 6.43. The molecule has 23 heavy (non-hydrogen) atoms. The van der Waals surface area contributed by atoms with Gasteiger partial charge in [0.2, 0.25) is 5.95 Å². The lowest BCUT2D eigenvalue weighted by Gasteiger charge is -2.16. The summed E-state index contributed by atoms with van der Waals surface area (Å²) in [6, 6.07) is 3.71. The Balaban J connectivity index is 2.66. The second-order valence-corrected chi connectivity index (χ2v) is 5.95. The van der Waals surface area contributed by atoms with Crippen molar-refractivity contribution in [3.63, 3.8) is 0 Å². The molecule has 0 spiro atoms. The Morgan fingerprint density at radius 3 is 2.43 bits per heavy atom. The zero-order chi connectivity index (χ0) is 17.4. The van der Waals surface area contributed by atoms with E-state index in [2.05, 4.69) is 28.0 Å². The van der Waals surface area contributed by atoms with E-state index in [1.807, 2.05) is 26.8 Å². The molecule has 0 radical (unpaired) electrons. The third-order valence-corrected chi connectivity index (χ3v) is 3.93. The number of halogens is 3. The summed E-state index contributed by atoms with van der Waals surface area (Å²) in [6.07, 6.45) is -3.93. The number of anilines is 1. The first-order chi connectivity index (χ1) is 10.7. The van der Waals surface area contributed by atoms with Gasteiger partial charge in [-0.05, 0) is 29.5 Å². The van der Waals surface area contributed by atoms with Gasteiger partial charge < -0.3 is 5.32 Å². The highest BCUT2D eigenvalue weighted by Gasteiger charge is 2.37. The Morgan fingerprint density at radius 1 is 1.30 bits per heavy atom. The monoisotopic (exact) mass is 344 g/mol. The molecule has 126 valence electrons. The quantitative estimate of drug-likeness (QED) is 0.813. The van der Waals surface area contributed by atoms with Crippen LogP contribution in [0.2, 0.25) is 0 Å². The topological polar surface area (TPSA) is 42.7 Å². The van der Waals surface area contributed by atoms with Gasteiger partial charge in [0, 0.05) is 11.9 Å². The summed E-state index contributed by atoms with van der Waals surface area (Å²) in [7, 11) is 1.51. The molecule has 0 bridgehead atoms. The van der Waals surface area contributed by atoms with Crippen LogP contribution in [0.1, 0.15) is 43.6 Å². The predicted molar refractivity (Wildman–Crippen MR) is 86.6 cm³/mol. The van der Waals surface area contributed by atoms with Crippen molar-refractivity contribution in [2.75, 3.05) is 12.4 Å². The number of hydrogen-bond acceptors (Lipinski definition) is 4. The van der Waals surface area contributed by atoms with Gasteiger partial charge in [0.15, 0.2) is 0 Å². The fourth-order valence-electron chi connectivity index (χ4n) is 2.35. The van der Waals surface area contributed by atoms with Crippen molar-refractivity contribution < 1.29 is 13.2 Å². The van der Waals surface area contributed by atoms with Crippen LogP contribution in [0, 0.1) is 0 Å². The van der Waals surface area contributed by atoms with Crippen molar-refractivity contribution in [3.05, 3.63) is 29.1 Å². The highest BCUT2D eigenvalue weighted by atomic mass is 32.1. The average molecular weight is 344 g/mol. The SMILES string of the molecule is CCc1cc(C(C)C)c(S)cc1-n1nc(C(F)(F)F)nc1NC. The molecule has 2 rings (SSSR count). The van der Waals surface area contributed by atoms with Gasteiger partial charge in [0.1, 0.15) is 0 Å². The summed E-state index contributed by atoms with van der Waals surface area (Å²) in [4.78, 5) is 4.25. The van der Waals surface area contributed by atoms with E-state index in [0.29, 0.717) is 12.1 Å². The molecule has 2 aromatic rings. The van der Waals surface area contributed by atoms with Crippen LogP contribution in [-0.2, 0) is 12.6 Å². The van der Waals surface area contributed by atoms with Crippen LogP contribution in [0.3, 0.4) is 0 Å². The Labute approximate surface area is 138 Å². The first-order valence-electron chi connectivity index (χ1n) is 7.27. The van der Waals surface area contributed by atoms with Crippen LogP contribution >= 0.6 is 12.6 Å². The van der Waals surface area contributed by atoms with Crippen LogP contribution in [0.4, 0.5) is 19.1 Å². The summed E-state index contributed by atoms with van der Waals surface area (Å²) >= 11 is 4.47. The highest BCUT2D eigenvalue weighted by molar-refractivity contribution is 7.80. The molecule has 1 N–H and O–H groups in total. The summed E-state index contributed by atoms with van der Waals surface area (Å²) in [6.45, 7) is 6.04. The molecule has 8 heteroatoms. The molecule has 0 fully saturated rings. The van der Waals surface area contributed by atoms with Crippen LogP contribution in [0.15, 0.2) is 17.0 Å². The molecule has 0 amide bonds. The third-order valence-electron chi connectivity index (χ3n) is 3.54. The van der Waals surface area contributed by atoms with Crippen LogP contribution in [0.5, 0.6) is 0 Å². The molecule has 0 unspecified atom stereocenters. The van der Waals surface area contributed by atoms with Crippen molar-refractivity contribution in [1.82, 2.24) is 14.8 Å². The number of nitrogens with one attached hydrogen (secondary N) is 1. The van der Waals surface area contributed by atoms with Gasteiger partial charge in [-0.1, -0.05) is 26.8 Å². The van der Waals surface area contributed by atoms with Gasteiger partial charge in [-0.3, -0.25) is 0 Å². The van der Waals surface area contributed by atoms with Crippen LogP contribution in [0.25, 0.3) is 5.69 Å². The summed E-state index contributed by atoms with van der Waals surface area (Å²) < 4.78 is 39.8. The molecule has 0 aliphatic carbocycles. The van der Waals surface area contributed by atoms with E-state index < -0.39 is 12.0 Å². The number of benzene rings is 1. The minimum absolute atomic E-state index is 0.0389. The molecule has 0 aliphatic rings. The highest BCUT2D eigenvalue weighted by Crippen LogP contribution is 2.32. The number of alkyl halides is 3. The molecule has 1 aromatic carbocycles. The zero-order valence-electron chi connectivity index (χ0n) is 13.4. The number of nitrogens with zero attached hydrogens (tertiary/aromatic N) is 3. The molecular weight excluding hydrogens is 325 g/mol. The Morgan fingerprint density at radius 2 is 1.96 bits per heavy atom. The van der Waals surface area contributed by atoms with E-state index in [4.69, 9.17) is 0 Å². The standard InChI is InChI=1S/C15H19F3N4S/c1-5-9-6-10(8(2)3)12(23)7-11(9)22-14(19-4)20-13(21-22)15(16,17)18/h6-8,23H,5H2,1-4H3,(H,19,20,21). The summed E-state index contributed by atoms with van der Waals surface area (Å²) in [5, 5.41) is 6.29. The molecule has 0 saturated heterocycles. The lowest BCUT2D eigenvalue weighted by Crippen LogP contribution is -2.10. The lowest BCUT2D eigenvalue weighted by atomic mass is 9.98. The van der Waals surface area contributed by atoms with E-state index in [1.54, 1.807) is 6.07 Å². The predicted octanol–water partition coefficient (Wildman–Crippen LogP) is 4.30. The first kappa shape index (κ1) is 17.7. The van der Waals surface area contributed by atoms with Crippen molar-refractivity contribution in [2.45, 2.75) is 44.2 Å². The van der Waals surface area contributed by atoms with E-state index >= 15 is 0 Å². The number of aromatic nitrogens is 3. The maximum Gasteiger partial charge on any atom is 0.453 e. The lowest BCUT2D eigenvalue weighted by molar-refractivity contribution is -0.144. The number of hydrogen-bond donors (Lipinski definition) is 2. The fraction of sp³-hybridized carbons (Fsp3) is 0.467. The molecule has 0 saturated carbocycles. The number of thiol groups is 1. The van der Waals surface area contributed by atoms with Crippen molar-refractivity contribution in [2.24, 2.45) is 0 Å². The minimum atomic E-state index is -4.59. The normalized spacial score (nSPS) is 12.0. The van der Waals surface area contributed by atoms with Gasteiger partial charge in [0.25, 0.3) is 5.82 Å². The second-order valence-electron chi connectivity index (χ2n) is 5.47. The number of aryl methyl sites for hydroxylation is 1. The Hall–Kier alpha value is -1.70. The van der Waals surface area contributed by atoms with E-state index in [-0.39, 0.29) is 11.9 Å². The van der Waals surface area contributed by atoms with E-state index in [1.165, 1.54) is 11.7 Å². The van der Waals surface area contributed by atoms with Gasteiger partial charge in [-0.2, -0.15) is 22.8 Å². The zero-order valence-corrected chi connectivity index (χ0v) is 14.3. The van der Waals surface area contributed by atoms with Crippen molar-refractivity contribution >= 4 is 18.6 Å². The Bertz CT molecular complexity index is 707. The van der Waals surface area contributed by atoms with Crippen LogP contribution < -0.4 is 5.32 Å². The smallest absolute Gasteiger partial charge is 0.357 e. The van der Waals surface area contributed by atoms with Crippen LogP contribution in [-0.4, -0.2) is 21.8 Å². The van der Waals surface area contributed by atoms with Gasteiger partial charge >= 0.3 is 6.18 Å². The van der Waals surface area contributed by atoms with E-state index in [9.17, 15) is 13.2 Å². The first-order valence-corrected chi connectivity index (χ1v) is 7.71. The molecule has 0 atom stereocenters. The maximum absolute atomic E-state index is 12.9. The molecule has 0 aliphatic heterocycles. The summed E-state index contributed by atoms with van der Waals surface area (Å²) in [5.41, 5.74) is 2.49. The molecule has 1 aromatic heterocycles. The van der Waals surface area contributed by atoms with Gasteiger partial charge in [-0.25, -0.2) is 0 Å². The minimum Gasteiger partial charge on any atom is -0.357 e. The average Bonchev–Trinajstić information content (AvgIpc) is 2.90. The molecular formula is C15H19F3N4S. The van der Waals surface area contributed by atoms with Crippen molar-refractivity contribution in [3.8, 4) is 5.69 Å². The van der Waals surface area contributed by atoms with E-state index in [0.717, 1.165) is 16.0 Å². The van der Waals surface area contributed by atoms with Crippen molar-refractivity contribution in [1.29, 1.82) is 0 Å². The third kappa shape index (κ3) is 3.46. The maximum atomic E-state index is 12.9. The molecule has 1 heterocycles. The fourth-order valence-corrected chi connectivity index (χ4v) is 2.79.